The number of rotatable bonds is 5. The standard InChI is InChI=1S/C12H15N3O2/c1-3-13-7-10-8-16-12(15-10)17-11-5-4-6-14-9(11)2/h4-6,8,13H,3,7H2,1-2H3. The summed E-state index contributed by atoms with van der Waals surface area (Å²) in [5.41, 5.74) is 1.63. The molecule has 0 aliphatic rings. The second-order valence-electron chi connectivity index (χ2n) is 3.57. The van der Waals surface area contributed by atoms with Crippen molar-refractivity contribution in [2.75, 3.05) is 6.54 Å². The molecule has 0 aromatic carbocycles. The maximum Gasteiger partial charge on any atom is 0.399 e. The van der Waals surface area contributed by atoms with Crippen molar-refractivity contribution in [2.24, 2.45) is 0 Å². The number of aryl methyl sites for hydroxylation is 1. The van der Waals surface area contributed by atoms with Crippen molar-refractivity contribution in [3.63, 3.8) is 0 Å². The lowest BCUT2D eigenvalue weighted by Crippen LogP contribution is -2.11. The Morgan fingerprint density at radius 1 is 1.47 bits per heavy atom. The second-order valence-corrected chi connectivity index (χ2v) is 3.57. The molecule has 0 bridgehead atoms. The van der Waals surface area contributed by atoms with Gasteiger partial charge in [0.2, 0.25) is 0 Å². The van der Waals surface area contributed by atoms with E-state index < -0.39 is 0 Å². The number of nitrogens with one attached hydrogen (secondary N) is 1. The fourth-order valence-electron chi connectivity index (χ4n) is 1.34. The zero-order valence-electron chi connectivity index (χ0n) is 9.93. The molecule has 0 aliphatic carbocycles. The molecule has 0 amide bonds. The molecule has 0 fully saturated rings. The molecule has 0 saturated heterocycles. The molecule has 90 valence electrons. The number of pyridine rings is 1. The molecule has 0 spiro atoms. The molecule has 1 N–H and O–H groups in total. The van der Waals surface area contributed by atoms with Crippen molar-refractivity contribution >= 4 is 0 Å². The summed E-state index contributed by atoms with van der Waals surface area (Å²) in [6.07, 6.45) is 3.55. The summed E-state index contributed by atoms with van der Waals surface area (Å²) < 4.78 is 10.7. The smallest absolute Gasteiger partial charge is 0.399 e. The Morgan fingerprint density at radius 2 is 2.35 bits per heavy atom. The van der Waals surface area contributed by atoms with Gasteiger partial charge in [0.1, 0.15) is 6.26 Å². The second kappa shape index (κ2) is 5.45. The van der Waals surface area contributed by atoms with Gasteiger partial charge in [0.05, 0.1) is 11.4 Å². The summed E-state index contributed by atoms with van der Waals surface area (Å²) in [5.74, 6) is 0.657. The lowest BCUT2D eigenvalue weighted by Gasteiger charge is -2.02. The molecule has 2 aromatic heterocycles. The monoisotopic (exact) mass is 233 g/mol. The number of hydrogen-bond acceptors (Lipinski definition) is 5. The first kappa shape index (κ1) is 11.6. The highest BCUT2D eigenvalue weighted by Crippen LogP contribution is 2.22. The van der Waals surface area contributed by atoms with E-state index in [0.29, 0.717) is 12.3 Å². The highest BCUT2D eigenvalue weighted by atomic mass is 16.6. The summed E-state index contributed by atoms with van der Waals surface area (Å²) in [7, 11) is 0. The van der Waals surface area contributed by atoms with Crippen LogP contribution in [0.15, 0.2) is 29.0 Å². The van der Waals surface area contributed by atoms with Crippen molar-refractivity contribution in [2.45, 2.75) is 20.4 Å². The van der Waals surface area contributed by atoms with Crippen LogP contribution in [0, 0.1) is 6.92 Å². The van der Waals surface area contributed by atoms with Crippen LogP contribution in [-0.4, -0.2) is 16.5 Å². The molecule has 2 aromatic rings. The molecule has 0 atom stereocenters. The van der Waals surface area contributed by atoms with Crippen LogP contribution < -0.4 is 10.1 Å². The summed E-state index contributed by atoms with van der Waals surface area (Å²) in [4.78, 5) is 8.33. The van der Waals surface area contributed by atoms with E-state index >= 15 is 0 Å². The minimum atomic E-state index is 0.244. The van der Waals surface area contributed by atoms with Crippen molar-refractivity contribution in [1.82, 2.24) is 15.3 Å². The average Bonchev–Trinajstić information content (AvgIpc) is 2.77. The van der Waals surface area contributed by atoms with Gasteiger partial charge in [0, 0.05) is 12.7 Å². The third-order valence-electron chi connectivity index (χ3n) is 2.24. The van der Waals surface area contributed by atoms with Gasteiger partial charge in [0.15, 0.2) is 5.75 Å². The van der Waals surface area contributed by atoms with E-state index in [0.717, 1.165) is 17.9 Å². The van der Waals surface area contributed by atoms with E-state index in [4.69, 9.17) is 9.15 Å². The molecule has 17 heavy (non-hydrogen) atoms. The van der Waals surface area contributed by atoms with E-state index in [2.05, 4.69) is 15.3 Å². The Bertz CT molecular complexity index is 482. The fourth-order valence-corrected chi connectivity index (χ4v) is 1.34. The summed E-state index contributed by atoms with van der Waals surface area (Å²) >= 11 is 0. The zero-order valence-corrected chi connectivity index (χ0v) is 9.93. The van der Waals surface area contributed by atoms with Crippen LogP contribution in [0.2, 0.25) is 0 Å². The molecular formula is C12H15N3O2. The quantitative estimate of drug-likeness (QED) is 0.858. The van der Waals surface area contributed by atoms with Gasteiger partial charge in [-0.1, -0.05) is 6.92 Å². The van der Waals surface area contributed by atoms with E-state index in [1.54, 1.807) is 12.5 Å². The van der Waals surface area contributed by atoms with Crippen LogP contribution in [0.5, 0.6) is 11.8 Å². The number of nitrogens with zero attached hydrogens (tertiary/aromatic N) is 2. The molecule has 2 rings (SSSR count). The lowest BCUT2D eigenvalue weighted by atomic mass is 10.3. The Hall–Kier alpha value is -1.88. The van der Waals surface area contributed by atoms with Crippen molar-refractivity contribution in [3.8, 4) is 11.8 Å². The number of aromatic nitrogens is 2. The maximum atomic E-state index is 5.50. The summed E-state index contributed by atoms with van der Waals surface area (Å²) in [5, 5.41) is 3.16. The molecule has 2 heterocycles. The van der Waals surface area contributed by atoms with E-state index in [1.165, 1.54) is 0 Å². The van der Waals surface area contributed by atoms with Gasteiger partial charge in [-0.25, -0.2) is 0 Å². The molecule has 5 heteroatoms. The SMILES string of the molecule is CCNCc1coc(Oc2cccnc2C)n1. The Kier molecular flexibility index (Phi) is 3.72. The zero-order chi connectivity index (χ0) is 12.1. The Labute approximate surface area is 99.8 Å². The van der Waals surface area contributed by atoms with Gasteiger partial charge in [-0.3, -0.25) is 4.98 Å². The Balaban J connectivity index is 2.04. The van der Waals surface area contributed by atoms with E-state index in [1.807, 2.05) is 26.0 Å². The first-order valence-electron chi connectivity index (χ1n) is 5.54. The maximum absolute atomic E-state index is 5.50. The largest absolute Gasteiger partial charge is 0.417 e. The number of oxazole rings is 1. The average molecular weight is 233 g/mol. The van der Waals surface area contributed by atoms with Crippen LogP contribution >= 0.6 is 0 Å². The molecule has 0 radical (unpaired) electrons. The predicted molar refractivity (Wildman–Crippen MR) is 62.9 cm³/mol. The van der Waals surface area contributed by atoms with E-state index in [9.17, 15) is 0 Å². The minimum absolute atomic E-state index is 0.244. The van der Waals surface area contributed by atoms with Crippen LogP contribution in [-0.2, 0) is 6.54 Å². The van der Waals surface area contributed by atoms with Gasteiger partial charge in [-0.15, -0.1) is 0 Å². The molecule has 0 unspecified atom stereocenters. The van der Waals surface area contributed by atoms with Crippen LogP contribution in [0.3, 0.4) is 0 Å². The van der Waals surface area contributed by atoms with Crippen LogP contribution in [0.4, 0.5) is 0 Å². The normalized spacial score (nSPS) is 10.5. The number of ether oxygens (including phenoxy) is 1. The summed E-state index contributed by atoms with van der Waals surface area (Å²) in [6.45, 7) is 5.48. The van der Waals surface area contributed by atoms with Crippen molar-refractivity contribution < 1.29 is 9.15 Å². The van der Waals surface area contributed by atoms with Crippen molar-refractivity contribution in [3.05, 3.63) is 36.0 Å². The third kappa shape index (κ3) is 3.04. The molecule has 0 saturated carbocycles. The first-order chi connectivity index (χ1) is 8.29. The molecular weight excluding hydrogens is 218 g/mol. The first-order valence-corrected chi connectivity index (χ1v) is 5.54. The van der Waals surface area contributed by atoms with Gasteiger partial charge in [-0.05, 0) is 25.6 Å². The topological polar surface area (TPSA) is 60.2 Å². The van der Waals surface area contributed by atoms with Gasteiger partial charge >= 0.3 is 6.08 Å². The predicted octanol–water partition coefficient (Wildman–Crippen LogP) is 2.28. The molecule has 5 nitrogen and oxygen atoms in total. The fraction of sp³-hybridized carbons (Fsp3) is 0.333. The van der Waals surface area contributed by atoms with Crippen LogP contribution in [0.1, 0.15) is 18.3 Å². The summed E-state index contributed by atoms with van der Waals surface area (Å²) in [6, 6.07) is 3.64. The minimum Gasteiger partial charge on any atom is -0.417 e. The van der Waals surface area contributed by atoms with Gasteiger partial charge < -0.3 is 14.5 Å². The van der Waals surface area contributed by atoms with Crippen molar-refractivity contribution in [1.29, 1.82) is 0 Å². The highest BCUT2D eigenvalue weighted by molar-refractivity contribution is 5.27. The van der Waals surface area contributed by atoms with Gasteiger partial charge in [0.25, 0.3) is 0 Å². The van der Waals surface area contributed by atoms with Gasteiger partial charge in [-0.2, -0.15) is 4.98 Å². The lowest BCUT2D eigenvalue weighted by molar-refractivity contribution is 0.328. The van der Waals surface area contributed by atoms with Crippen LogP contribution in [0.25, 0.3) is 0 Å². The Morgan fingerprint density at radius 3 is 3.12 bits per heavy atom. The third-order valence-corrected chi connectivity index (χ3v) is 2.24. The molecule has 0 aliphatic heterocycles. The number of hydrogen-bond donors (Lipinski definition) is 1. The highest BCUT2D eigenvalue weighted by Gasteiger charge is 2.07. The van der Waals surface area contributed by atoms with E-state index in [-0.39, 0.29) is 6.08 Å².